The monoisotopic (exact) mass is 681 g/mol. The zero-order valence-corrected chi connectivity index (χ0v) is 26.4. The SMILES string of the molecule is NC(=O)c1ncc2cc(-c3ccccc3)c(-c3ccc(CN4CCC(c5nc(-c6ccccn6)n[nH]5)CC4)cc3)nc2n1.O=C(O)C(F)(F)F. The molecule has 1 saturated heterocycles. The number of rotatable bonds is 7. The molecule has 7 rings (SSSR count). The summed E-state index contributed by atoms with van der Waals surface area (Å²) >= 11 is 0. The van der Waals surface area contributed by atoms with Crippen LogP contribution in [-0.4, -0.2) is 76.3 Å². The third-order valence-electron chi connectivity index (χ3n) is 8.12. The van der Waals surface area contributed by atoms with Crippen LogP contribution in [0.4, 0.5) is 13.2 Å². The number of hydrogen-bond donors (Lipinski definition) is 3. The van der Waals surface area contributed by atoms with E-state index < -0.39 is 18.1 Å². The predicted octanol–water partition coefficient (Wildman–Crippen LogP) is 5.65. The number of pyridine rings is 2. The zero-order chi connectivity index (χ0) is 35.3. The molecule has 50 heavy (non-hydrogen) atoms. The average Bonchev–Trinajstić information content (AvgIpc) is 3.63. The number of piperidine rings is 1. The van der Waals surface area contributed by atoms with Gasteiger partial charge in [-0.1, -0.05) is 60.7 Å². The Morgan fingerprint density at radius 3 is 2.24 bits per heavy atom. The van der Waals surface area contributed by atoms with Crippen molar-refractivity contribution in [1.82, 2.24) is 40.0 Å². The zero-order valence-electron chi connectivity index (χ0n) is 26.4. The number of primary amides is 1. The summed E-state index contributed by atoms with van der Waals surface area (Å²) in [6.45, 7) is 2.84. The molecule has 12 nitrogen and oxygen atoms in total. The maximum absolute atomic E-state index is 11.7. The van der Waals surface area contributed by atoms with E-state index in [2.05, 4.69) is 66.4 Å². The number of fused-ring (bicyclic) bond motifs is 1. The quantitative estimate of drug-likeness (QED) is 0.191. The number of nitrogens with one attached hydrogen (secondary N) is 1. The first-order chi connectivity index (χ1) is 24.0. The van der Waals surface area contributed by atoms with E-state index in [1.807, 2.05) is 42.5 Å². The molecule has 0 bridgehead atoms. The summed E-state index contributed by atoms with van der Waals surface area (Å²) in [7, 11) is 0. The van der Waals surface area contributed by atoms with Crippen molar-refractivity contribution in [2.45, 2.75) is 31.5 Å². The Kier molecular flexibility index (Phi) is 9.85. The van der Waals surface area contributed by atoms with Gasteiger partial charge in [-0.15, -0.1) is 0 Å². The van der Waals surface area contributed by atoms with Crippen molar-refractivity contribution in [3.63, 3.8) is 0 Å². The molecule has 15 heteroatoms. The first kappa shape index (κ1) is 33.8. The number of alkyl halides is 3. The van der Waals surface area contributed by atoms with Crippen LogP contribution in [0.3, 0.4) is 0 Å². The Hall–Kier alpha value is -6.09. The Bertz CT molecular complexity index is 2100. The lowest BCUT2D eigenvalue weighted by molar-refractivity contribution is -0.192. The van der Waals surface area contributed by atoms with Crippen molar-refractivity contribution in [3.05, 3.63) is 108 Å². The van der Waals surface area contributed by atoms with Gasteiger partial charge >= 0.3 is 12.1 Å². The number of aliphatic carboxylic acids is 1. The molecular weight excluding hydrogens is 651 g/mol. The third-order valence-corrected chi connectivity index (χ3v) is 8.12. The second kappa shape index (κ2) is 14.6. The molecule has 5 heterocycles. The number of likely N-dealkylation sites (tertiary alicyclic amines) is 1. The minimum absolute atomic E-state index is 0.0468. The number of nitrogens with two attached hydrogens (primary N) is 1. The number of carbonyl (C=O) groups is 2. The summed E-state index contributed by atoms with van der Waals surface area (Å²) < 4.78 is 31.7. The minimum Gasteiger partial charge on any atom is -0.475 e. The number of amides is 1. The van der Waals surface area contributed by atoms with Crippen LogP contribution in [0.25, 0.3) is 44.9 Å². The van der Waals surface area contributed by atoms with Crippen LogP contribution in [0, 0.1) is 0 Å². The van der Waals surface area contributed by atoms with Gasteiger partial charge in [-0.25, -0.2) is 24.7 Å². The van der Waals surface area contributed by atoms with Crippen LogP contribution in [0.5, 0.6) is 0 Å². The summed E-state index contributed by atoms with van der Waals surface area (Å²) in [5.74, 6) is -1.54. The highest BCUT2D eigenvalue weighted by Gasteiger charge is 2.38. The van der Waals surface area contributed by atoms with Gasteiger partial charge in [-0.05, 0) is 55.3 Å². The largest absolute Gasteiger partial charge is 0.490 e. The molecule has 6 aromatic rings. The van der Waals surface area contributed by atoms with Gasteiger partial charge in [-0.3, -0.25) is 19.8 Å². The number of aromatic amines is 1. The summed E-state index contributed by atoms with van der Waals surface area (Å²) in [5.41, 5.74) is 11.6. The highest BCUT2D eigenvalue weighted by molar-refractivity contribution is 5.93. The van der Waals surface area contributed by atoms with Gasteiger partial charge < -0.3 is 10.8 Å². The lowest BCUT2D eigenvalue weighted by atomic mass is 9.95. The van der Waals surface area contributed by atoms with Crippen LogP contribution in [0.15, 0.2) is 91.3 Å². The van der Waals surface area contributed by atoms with E-state index in [-0.39, 0.29) is 5.82 Å². The van der Waals surface area contributed by atoms with E-state index in [1.165, 1.54) is 5.56 Å². The topological polar surface area (TPSA) is 177 Å². The van der Waals surface area contributed by atoms with E-state index in [4.69, 9.17) is 25.6 Å². The van der Waals surface area contributed by atoms with Crippen LogP contribution in [0.2, 0.25) is 0 Å². The lowest BCUT2D eigenvalue weighted by Gasteiger charge is -2.31. The van der Waals surface area contributed by atoms with Crippen LogP contribution in [-0.2, 0) is 11.3 Å². The molecule has 0 unspecified atom stereocenters. The van der Waals surface area contributed by atoms with Gasteiger partial charge in [0.15, 0.2) is 11.5 Å². The third kappa shape index (κ3) is 7.95. The molecule has 1 aliphatic rings. The number of hydrogen-bond acceptors (Lipinski definition) is 9. The molecule has 0 saturated carbocycles. The van der Waals surface area contributed by atoms with Crippen molar-refractivity contribution in [3.8, 4) is 33.9 Å². The second-order valence-corrected chi connectivity index (χ2v) is 11.5. The molecular formula is C35H30F3N9O3. The molecule has 254 valence electrons. The van der Waals surface area contributed by atoms with Crippen molar-refractivity contribution in [2.24, 2.45) is 5.73 Å². The minimum atomic E-state index is -5.08. The van der Waals surface area contributed by atoms with Gasteiger partial charge in [0.2, 0.25) is 5.82 Å². The van der Waals surface area contributed by atoms with Crippen LogP contribution in [0.1, 0.15) is 40.8 Å². The molecule has 4 N–H and O–H groups in total. The second-order valence-electron chi connectivity index (χ2n) is 11.5. The number of H-pyrrole nitrogens is 1. The summed E-state index contributed by atoms with van der Waals surface area (Å²) in [6, 6.07) is 26.4. The molecule has 0 radical (unpaired) electrons. The van der Waals surface area contributed by atoms with E-state index in [9.17, 15) is 18.0 Å². The van der Waals surface area contributed by atoms with E-state index in [0.29, 0.717) is 17.4 Å². The molecule has 2 aromatic carbocycles. The maximum atomic E-state index is 11.7. The highest BCUT2D eigenvalue weighted by atomic mass is 19.4. The first-order valence-electron chi connectivity index (χ1n) is 15.5. The number of halogens is 3. The first-order valence-corrected chi connectivity index (χ1v) is 15.5. The van der Waals surface area contributed by atoms with Crippen LogP contribution < -0.4 is 5.73 Å². The summed E-state index contributed by atoms with van der Waals surface area (Å²) in [5, 5.41) is 15.4. The average molecular weight is 682 g/mol. The molecule has 1 fully saturated rings. The Labute approximate surface area is 283 Å². The van der Waals surface area contributed by atoms with Crippen molar-refractivity contribution in [1.29, 1.82) is 0 Å². The standard InChI is InChI=1S/C33H29N9O.C2HF3O2/c34-29(43)33-36-19-25-18-26(22-6-2-1-3-7-22)28(37-30(25)38-33)23-11-9-21(10-12-23)20-42-16-13-24(14-17-42)31-39-32(41-40-31)27-8-4-5-15-35-27;3-2(4,5)1(6)7/h1-12,15,18-19,24H,13-14,16-17,20H2,(H2,34,43)(H,39,40,41);(H,6,7). The molecule has 1 amide bonds. The Balaban J connectivity index is 0.000000561. The summed E-state index contributed by atoms with van der Waals surface area (Å²) in [4.78, 5) is 45.5. The highest BCUT2D eigenvalue weighted by Crippen LogP contribution is 2.33. The van der Waals surface area contributed by atoms with Crippen molar-refractivity contribution >= 4 is 22.9 Å². The predicted molar refractivity (Wildman–Crippen MR) is 177 cm³/mol. The van der Waals surface area contributed by atoms with Gasteiger partial charge in [-0.2, -0.15) is 18.3 Å². The van der Waals surface area contributed by atoms with E-state index in [0.717, 1.165) is 71.8 Å². The van der Waals surface area contributed by atoms with E-state index >= 15 is 0 Å². The fraction of sp³-hybridized carbons (Fsp3) is 0.200. The van der Waals surface area contributed by atoms with E-state index in [1.54, 1.807) is 12.4 Å². The lowest BCUT2D eigenvalue weighted by Crippen LogP contribution is -2.32. The van der Waals surface area contributed by atoms with Crippen molar-refractivity contribution in [2.75, 3.05) is 13.1 Å². The number of carbonyl (C=O) groups excluding carboxylic acids is 1. The molecule has 0 spiro atoms. The van der Waals surface area contributed by atoms with Gasteiger partial charge in [0, 0.05) is 41.4 Å². The number of carboxylic acid groups (broad SMARTS) is 1. The molecule has 4 aromatic heterocycles. The Morgan fingerprint density at radius 1 is 0.900 bits per heavy atom. The van der Waals surface area contributed by atoms with Crippen molar-refractivity contribution < 1.29 is 27.9 Å². The van der Waals surface area contributed by atoms with Crippen LogP contribution >= 0.6 is 0 Å². The Morgan fingerprint density at radius 2 is 1.60 bits per heavy atom. The maximum Gasteiger partial charge on any atom is 0.490 e. The smallest absolute Gasteiger partial charge is 0.475 e. The number of benzene rings is 2. The number of nitrogens with zero attached hydrogens (tertiary/aromatic N) is 7. The fourth-order valence-electron chi connectivity index (χ4n) is 5.60. The number of aromatic nitrogens is 7. The van der Waals surface area contributed by atoms with Gasteiger partial charge in [0.25, 0.3) is 5.91 Å². The van der Waals surface area contributed by atoms with Gasteiger partial charge in [0.1, 0.15) is 11.5 Å². The van der Waals surface area contributed by atoms with Gasteiger partial charge in [0.05, 0.1) is 5.69 Å². The number of carboxylic acids is 1. The summed E-state index contributed by atoms with van der Waals surface area (Å²) in [6.07, 6.45) is 0.309. The fourth-order valence-corrected chi connectivity index (χ4v) is 5.60. The molecule has 0 aliphatic carbocycles. The normalized spacial score (nSPS) is 13.8. The molecule has 1 aliphatic heterocycles. The molecule has 0 atom stereocenters.